The number of nitrogens with one attached hydrogen (secondary N) is 1. The third kappa shape index (κ3) is 4.55. The van der Waals surface area contributed by atoms with E-state index in [0.717, 1.165) is 17.0 Å². The molecular weight excluding hydrogens is 404 g/mol. The zero-order valence-corrected chi connectivity index (χ0v) is 18.7. The van der Waals surface area contributed by atoms with Gasteiger partial charge in [-0.25, -0.2) is 9.67 Å². The fourth-order valence-corrected chi connectivity index (χ4v) is 4.11. The molecule has 8 heteroatoms. The zero-order valence-electron chi connectivity index (χ0n) is 18.7. The number of aryl methyl sites for hydroxylation is 2. The molecule has 2 aromatic heterocycles. The number of aromatic nitrogens is 3. The maximum absolute atomic E-state index is 13.2. The molecule has 166 valence electrons. The molecular formula is C24H28N6O2. The normalized spacial score (nSPS) is 16.7. The van der Waals surface area contributed by atoms with Crippen molar-refractivity contribution in [2.24, 2.45) is 0 Å². The highest BCUT2D eigenvalue weighted by molar-refractivity contribution is 5.94. The van der Waals surface area contributed by atoms with Crippen LogP contribution >= 0.6 is 0 Å². The van der Waals surface area contributed by atoms with Crippen molar-refractivity contribution < 1.29 is 9.59 Å². The second-order valence-corrected chi connectivity index (χ2v) is 8.08. The second kappa shape index (κ2) is 9.32. The van der Waals surface area contributed by atoms with Gasteiger partial charge in [-0.3, -0.25) is 14.5 Å². The van der Waals surface area contributed by atoms with Crippen LogP contribution in [0.5, 0.6) is 0 Å². The van der Waals surface area contributed by atoms with Crippen LogP contribution < -0.4 is 5.32 Å². The zero-order chi connectivity index (χ0) is 22.7. The molecule has 1 saturated heterocycles. The standard InChI is InChI=1S/C24H28N6O2/c1-17-13-18(2)30(27-17)22-10-9-20(14-26-22)24(32)29-12-11-28(21(16-29)23(31)25-3)15-19-7-5-4-6-8-19/h4-10,13-14,21H,11-12,15-16H2,1-3H3,(H,25,31). The molecule has 32 heavy (non-hydrogen) atoms. The van der Waals surface area contributed by atoms with Gasteiger partial charge in [-0.2, -0.15) is 5.10 Å². The molecule has 3 aromatic rings. The lowest BCUT2D eigenvalue weighted by atomic mass is 10.1. The van der Waals surface area contributed by atoms with E-state index in [2.05, 4.69) is 32.4 Å². The number of pyridine rings is 1. The summed E-state index contributed by atoms with van der Waals surface area (Å²) in [5.74, 6) is 0.463. The van der Waals surface area contributed by atoms with E-state index < -0.39 is 6.04 Å². The largest absolute Gasteiger partial charge is 0.358 e. The molecule has 0 aliphatic carbocycles. The van der Waals surface area contributed by atoms with E-state index in [9.17, 15) is 9.59 Å². The molecule has 0 radical (unpaired) electrons. The Morgan fingerprint density at radius 1 is 1.09 bits per heavy atom. The van der Waals surface area contributed by atoms with E-state index in [0.29, 0.717) is 37.6 Å². The average Bonchev–Trinajstić information content (AvgIpc) is 3.17. The Morgan fingerprint density at radius 2 is 1.88 bits per heavy atom. The Hall–Kier alpha value is -3.52. The Labute approximate surface area is 187 Å². The highest BCUT2D eigenvalue weighted by Crippen LogP contribution is 2.18. The van der Waals surface area contributed by atoms with Crippen molar-refractivity contribution >= 4 is 11.8 Å². The molecule has 1 unspecified atom stereocenters. The van der Waals surface area contributed by atoms with Crippen LogP contribution in [0.4, 0.5) is 0 Å². The number of amides is 2. The molecule has 0 bridgehead atoms. The van der Waals surface area contributed by atoms with Crippen LogP contribution in [0.15, 0.2) is 54.7 Å². The van der Waals surface area contributed by atoms with Crippen molar-refractivity contribution in [2.45, 2.75) is 26.4 Å². The van der Waals surface area contributed by atoms with Gasteiger partial charge in [0.2, 0.25) is 5.91 Å². The van der Waals surface area contributed by atoms with Crippen molar-refractivity contribution in [2.75, 3.05) is 26.7 Å². The minimum Gasteiger partial charge on any atom is -0.358 e. The van der Waals surface area contributed by atoms with Crippen molar-refractivity contribution in [3.8, 4) is 5.82 Å². The summed E-state index contributed by atoms with van der Waals surface area (Å²) in [5.41, 5.74) is 3.54. The van der Waals surface area contributed by atoms with Crippen LogP contribution in [0.1, 0.15) is 27.3 Å². The molecule has 8 nitrogen and oxygen atoms in total. The summed E-state index contributed by atoms with van der Waals surface area (Å²) in [5, 5.41) is 7.18. The van der Waals surface area contributed by atoms with Gasteiger partial charge in [0.05, 0.1) is 11.3 Å². The highest BCUT2D eigenvalue weighted by Gasteiger charge is 2.34. The molecule has 0 saturated carbocycles. The van der Waals surface area contributed by atoms with Crippen LogP contribution in [0.2, 0.25) is 0 Å². The van der Waals surface area contributed by atoms with E-state index >= 15 is 0 Å². The summed E-state index contributed by atoms with van der Waals surface area (Å²) < 4.78 is 1.76. The molecule has 1 N–H and O–H groups in total. The van der Waals surface area contributed by atoms with Gasteiger partial charge in [-0.05, 0) is 37.6 Å². The molecule has 1 aliphatic rings. The molecule has 2 amide bonds. The lowest BCUT2D eigenvalue weighted by Gasteiger charge is -2.40. The van der Waals surface area contributed by atoms with Crippen molar-refractivity contribution in [1.82, 2.24) is 29.9 Å². The fourth-order valence-electron chi connectivity index (χ4n) is 4.11. The summed E-state index contributed by atoms with van der Waals surface area (Å²) in [6.45, 7) is 6.08. The Morgan fingerprint density at radius 3 is 2.50 bits per heavy atom. The highest BCUT2D eigenvalue weighted by atomic mass is 16.2. The predicted octanol–water partition coefficient (Wildman–Crippen LogP) is 1.96. The Kier molecular flexibility index (Phi) is 6.32. The summed E-state index contributed by atoms with van der Waals surface area (Å²) in [6.07, 6.45) is 1.58. The molecule has 1 fully saturated rings. The molecule has 4 rings (SSSR count). The number of benzene rings is 1. The first-order valence-corrected chi connectivity index (χ1v) is 10.7. The predicted molar refractivity (Wildman–Crippen MR) is 121 cm³/mol. The number of nitrogens with zero attached hydrogens (tertiary/aromatic N) is 5. The van der Waals surface area contributed by atoms with E-state index in [-0.39, 0.29) is 11.8 Å². The van der Waals surface area contributed by atoms with Gasteiger partial charge in [0, 0.05) is 45.1 Å². The molecule has 1 aliphatic heterocycles. The third-order valence-electron chi connectivity index (χ3n) is 5.78. The first kappa shape index (κ1) is 21.7. The maximum Gasteiger partial charge on any atom is 0.255 e. The summed E-state index contributed by atoms with van der Waals surface area (Å²) in [6, 6.07) is 15.2. The van der Waals surface area contributed by atoms with E-state index in [1.165, 1.54) is 0 Å². The number of carbonyl (C=O) groups excluding carboxylic acids is 2. The monoisotopic (exact) mass is 432 g/mol. The topological polar surface area (TPSA) is 83.4 Å². The van der Waals surface area contributed by atoms with Crippen LogP contribution in [0.3, 0.4) is 0 Å². The summed E-state index contributed by atoms with van der Waals surface area (Å²) in [4.78, 5) is 34.1. The number of rotatable bonds is 5. The minimum absolute atomic E-state index is 0.0866. The Balaban J connectivity index is 1.48. The number of likely N-dealkylation sites (N-methyl/N-ethyl adjacent to an activating group) is 1. The second-order valence-electron chi connectivity index (χ2n) is 8.08. The van der Waals surface area contributed by atoms with Gasteiger partial charge >= 0.3 is 0 Å². The van der Waals surface area contributed by atoms with Crippen molar-refractivity contribution in [3.05, 3.63) is 77.2 Å². The van der Waals surface area contributed by atoms with Gasteiger partial charge < -0.3 is 10.2 Å². The average molecular weight is 433 g/mol. The van der Waals surface area contributed by atoms with Gasteiger partial charge in [-0.15, -0.1) is 0 Å². The maximum atomic E-state index is 13.2. The van der Waals surface area contributed by atoms with E-state index in [1.54, 1.807) is 35.0 Å². The molecule has 1 aromatic carbocycles. The summed E-state index contributed by atoms with van der Waals surface area (Å²) in [7, 11) is 1.63. The number of hydrogen-bond acceptors (Lipinski definition) is 5. The molecule has 3 heterocycles. The quantitative estimate of drug-likeness (QED) is 0.666. The molecule has 1 atom stereocenters. The lowest BCUT2D eigenvalue weighted by Crippen LogP contribution is -2.59. The van der Waals surface area contributed by atoms with Crippen LogP contribution in [0, 0.1) is 13.8 Å². The van der Waals surface area contributed by atoms with Gasteiger partial charge in [-0.1, -0.05) is 30.3 Å². The van der Waals surface area contributed by atoms with E-state index in [1.807, 2.05) is 38.1 Å². The third-order valence-corrected chi connectivity index (χ3v) is 5.78. The molecule has 0 spiro atoms. The van der Waals surface area contributed by atoms with Crippen LogP contribution in [0.25, 0.3) is 5.82 Å². The van der Waals surface area contributed by atoms with Crippen LogP contribution in [-0.2, 0) is 11.3 Å². The first-order valence-electron chi connectivity index (χ1n) is 10.7. The van der Waals surface area contributed by atoms with Gasteiger partial charge in [0.15, 0.2) is 5.82 Å². The van der Waals surface area contributed by atoms with Crippen molar-refractivity contribution in [1.29, 1.82) is 0 Å². The smallest absolute Gasteiger partial charge is 0.255 e. The number of carbonyl (C=O) groups is 2. The fraction of sp³-hybridized carbons (Fsp3) is 0.333. The van der Waals surface area contributed by atoms with Crippen LogP contribution in [-0.4, -0.2) is 69.1 Å². The van der Waals surface area contributed by atoms with Gasteiger partial charge in [0.1, 0.15) is 6.04 Å². The minimum atomic E-state index is -0.403. The first-order chi connectivity index (χ1) is 15.5. The summed E-state index contributed by atoms with van der Waals surface area (Å²) >= 11 is 0. The van der Waals surface area contributed by atoms with Crippen molar-refractivity contribution in [3.63, 3.8) is 0 Å². The SMILES string of the molecule is CNC(=O)C1CN(C(=O)c2ccc(-n3nc(C)cc3C)nc2)CCN1Cc1ccccc1. The lowest BCUT2D eigenvalue weighted by molar-refractivity contribution is -0.128. The number of hydrogen-bond donors (Lipinski definition) is 1. The van der Waals surface area contributed by atoms with E-state index in [4.69, 9.17) is 0 Å². The van der Waals surface area contributed by atoms with Gasteiger partial charge in [0.25, 0.3) is 5.91 Å². The number of piperazine rings is 1. The Bertz CT molecular complexity index is 1090.